The largest absolute Gasteiger partial charge is 0.481 e. The number of anilines is 1. The van der Waals surface area contributed by atoms with Crippen LogP contribution in [0, 0.1) is 19.7 Å². The van der Waals surface area contributed by atoms with E-state index in [1.807, 2.05) is 0 Å². The highest BCUT2D eigenvalue weighted by Crippen LogP contribution is 2.36. The molecule has 0 atom stereocenters. The Balaban J connectivity index is 2.00. The van der Waals surface area contributed by atoms with Gasteiger partial charge in [0.15, 0.2) is 12.3 Å². The van der Waals surface area contributed by atoms with E-state index in [-0.39, 0.29) is 40.5 Å². The molecule has 25 heavy (non-hydrogen) atoms. The Morgan fingerprint density at radius 1 is 1.16 bits per heavy atom. The summed E-state index contributed by atoms with van der Waals surface area (Å²) in [6.07, 6.45) is 0. The topological polar surface area (TPSA) is 89.9 Å². The van der Waals surface area contributed by atoms with E-state index >= 15 is 0 Å². The van der Waals surface area contributed by atoms with Crippen LogP contribution in [-0.4, -0.2) is 32.4 Å². The number of aryl methyl sites for hydroxylation is 2. The first kappa shape index (κ1) is 15.6. The molecule has 0 saturated heterocycles. The van der Waals surface area contributed by atoms with E-state index < -0.39 is 5.82 Å². The van der Waals surface area contributed by atoms with Gasteiger partial charge in [-0.1, -0.05) is 0 Å². The van der Waals surface area contributed by atoms with Crippen LogP contribution in [0.1, 0.15) is 11.4 Å². The van der Waals surface area contributed by atoms with Crippen molar-refractivity contribution < 1.29 is 13.9 Å². The Morgan fingerprint density at radius 3 is 2.72 bits per heavy atom. The molecule has 1 aliphatic rings. The van der Waals surface area contributed by atoms with Crippen LogP contribution < -0.4 is 10.1 Å². The number of ether oxygens (including phenoxy) is 1. The van der Waals surface area contributed by atoms with E-state index in [2.05, 4.69) is 25.3 Å². The quantitative estimate of drug-likeness (QED) is 0.672. The molecule has 1 aliphatic heterocycles. The summed E-state index contributed by atoms with van der Waals surface area (Å²) in [5.74, 6) is -0.642. The van der Waals surface area contributed by atoms with Crippen LogP contribution >= 0.6 is 11.6 Å². The highest BCUT2D eigenvalue weighted by atomic mass is 35.5. The first-order valence-corrected chi connectivity index (χ1v) is 7.75. The first-order chi connectivity index (χ1) is 11.9. The van der Waals surface area contributed by atoms with E-state index in [0.717, 1.165) is 0 Å². The number of fused-ring (bicyclic) bond motifs is 2. The molecule has 1 amide bonds. The Kier molecular flexibility index (Phi) is 3.50. The molecule has 0 bridgehead atoms. The second kappa shape index (κ2) is 5.59. The van der Waals surface area contributed by atoms with Gasteiger partial charge in [-0.05, 0) is 31.5 Å². The second-order valence-electron chi connectivity index (χ2n) is 5.57. The van der Waals surface area contributed by atoms with Gasteiger partial charge in [-0.25, -0.2) is 19.3 Å². The van der Waals surface area contributed by atoms with Gasteiger partial charge in [-0.2, -0.15) is 4.98 Å². The number of nitrogens with zero attached hydrogens (tertiary/aromatic N) is 4. The zero-order valence-electron chi connectivity index (χ0n) is 13.2. The third-order valence-electron chi connectivity index (χ3n) is 3.87. The minimum Gasteiger partial charge on any atom is -0.481 e. The molecule has 0 unspecified atom stereocenters. The van der Waals surface area contributed by atoms with Gasteiger partial charge in [0.2, 0.25) is 5.28 Å². The van der Waals surface area contributed by atoms with Gasteiger partial charge in [-0.15, -0.1) is 0 Å². The lowest BCUT2D eigenvalue weighted by molar-refractivity contribution is -0.118. The molecule has 0 spiro atoms. The number of aromatic nitrogens is 4. The lowest BCUT2D eigenvalue weighted by atomic mass is 10.1. The van der Waals surface area contributed by atoms with Crippen LogP contribution in [0.3, 0.4) is 0 Å². The zero-order chi connectivity index (χ0) is 17.7. The molecule has 4 rings (SSSR count). The molecule has 9 heteroatoms. The van der Waals surface area contributed by atoms with E-state index in [4.69, 9.17) is 16.3 Å². The third-order valence-corrected chi connectivity index (χ3v) is 4.04. The van der Waals surface area contributed by atoms with Crippen molar-refractivity contribution in [3.05, 3.63) is 34.6 Å². The predicted octanol–water partition coefficient (Wildman–Crippen LogP) is 2.83. The summed E-state index contributed by atoms with van der Waals surface area (Å²) in [4.78, 5) is 28.5. The Bertz CT molecular complexity index is 1060. The predicted molar refractivity (Wildman–Crippen MR) is 89.1 cm³/mol. The molecule has 3 aromatic rings. The molecular weight excluding hydrogens is 349 g/mol. The smallest absolute Gasteiger partial charge is 0.262 e. The Hall–Kier alpha value is -2.87. The van der Waals surface area contributed by atoms with Gasteiger partial charge >= 0.3 is 0 Å². The van der Waals surface area contributed by atoms with E-state index in [0.29, 0.717) is 22.6 Å². The first-order valence-electron chi connectivity index (χ1n) is 7.37. The van der Waals surface area contributed by atoms with Crippen LogP contribution in [0.5, 0.6) is 5.75 Å². The molecule has 7 nitrogen and oxygen atoms in total. The summed E-state index contributed by atoms with van der Waals surface area (Å²) >= 11 is 5.98. The van der Waals surface area contributed by atoms with Crippen LogP contribution in [0.2, 0.25) is 5.28 Å². The number of halogens is 2. The van der Waals surface area contributed by atoms with Crippen LogP contribution in [0.4, 0.5) is 10.1 Å². The fraction of sp³-hybridized carbons (Fsp3) is 0.188. The van der Waals surface area contributed by atoms with Gasteiger partial charge < -0.3 is 10.1 Å². The number of nitrogens with one attached hydrogen (secondary N) is 1. The summed E-state index contributed by atoms with van der Waals surface area (Å²) in [6.45, 7) is 3.43. The maximum absolute atomic E-state index is 14.7. The normalized spacial score (nSPS) is 13.4. The minimum atomic E-state index is -0.578. The van der Waals surface area contributed by atoms with Crippen molar-refractivity contribution >= 4 is 34.4 Å². The van der Waals surface area contributed by atoms with Crippen molar-refractivity contribution in [1.29, 1.82) is 0 Å². The highest BCUT2D eigenvalue weighted by molar-refractivity contribution is 6.28. The molecule has 0 fully saturated rings. The fourth-order valence-corrected chi connectivity index (χ4v) is 2.72. The highest BCUT2D eigenvalue weighted by Gasteiger charge is 2.22. The molecule has 126 valence electrons. The number of carbonyl (C=O) groups excluding carboxylic acids is 1. The number of carbonyl (C=O) groups is 1. The van der Waals surface area contributed by atoms with Crippen molar-refractivity contribution in [3.8, 4) is 17.0 Å². The molecule has 0 radical (unpaired) electrons. The molecule has 1 aromatic carbocycles. The SMILES string of the molecule is Cc1nc2nc(Cl)nc(-c3cc4c(cc3F)OCC(=O)N4)c2nc1C. The minimum absolute atomic E-state index is 0.0718. The standard InChI is InChI=1S/C16H11ClFN5O2/c1-6-7(2)20-15-14(19-6)13(22-16(17)23-15)8-3-10-11(4-9(8)18)25-5-12(24)21-10/h3-4H,5H2,1-2H3,(H,21,24). The number of hydrogen-bond donors (Lipinski definition) is 1. The summed E-state index contributed by atoms with van der Waals surface area (Å²) in [6, 6.07) is 2.64. The average Bonchev–Trinajstić information content (AvgIpc) is 2.55. The zero-order valence-corrected chi connectivity index (χ0v) is 14.0. The molecule has 0 saturated carbocycles. The second-order valence-corrected chi connectivity index (χ2v) is 5.91. The monoisotopic (exact) mass is 359 g/mol. The number of hydrogen-bond acceptors (Lipinski definition) is 6. The fourth-order valence-electron chi connectivity index (χ4n) is 2.56. The van der Waals surface area contributed by atoms with Gasteiger partial charge in [0.05, 0.1) is 17.1 Å². The van der Waals surface area contributed by atoms with Crippen molar-refractivity contribution in [2.75, 3.05) is 11.9 Å². The Labute approximate surface area is 146 Å². The van der Waals surface area contributed by atoms with E-state index in [9.17, 15) is 9.18 Å². The van der Waals surface area contributed by atoms with Crippen LogP contribution in [-0.2, 0) is 4.79 Å². The number of benzene rings is 1. The summed E-state index contributed by atoms with van der Waals surface area (Å²) in [5.41, 5.74) is 2.65. The van der Waals surface area contributed by atoms with Crippen LogP contribution in [0.15, 0.2) is 12.1 Å². The molecule has 1 N–H and O–H groups in total. The lowest BCUT2D eigenvalue weighted by Gasteiger charge is -2.19. The van der Waals surface area contributed by atoms with Crippen molar-refractivity contribution in [2.45, 2.75) is 13.8 Å². The summed E-state index contributed by atoms with van der Waals surface area (Å²) in [7, 11) is 0. The van der Waals surface area contributed by atoms with Crippen molar-refractivity contribution in [2.24, 2.45) is 0 Å². The third kappa shape index (κ3) is 2.64. The van der Waals surface area contributed by atoms with Gasteiger partial charge in [-0.3, -0.25) is 4.79 Å². The van der Waals surface area contributed by atoms with Gasteiger partial charge in [0, 0.05) is 11.6 Å². The lowest BCUT2D eigenvalue weighted by Crippen LogP contribution is -2.25. The van der Waals surface area contributed by atoms with Gasteiger partial charge in [0.1, 0.15) is 22.8 Å². The van der Waals surface area contributed by atoms with Gasteiger partial charge in [0.25, 0.3) is 5.91 Å². The van der Waals surface area contributed by atoms with Crippen molar-refractivity contribution in [1.82, 2.24) is 19.9 Å². The molecular formula is C16H11ClFN5O2. The van der Waals surface area contributed by atoms with Crippen LogP contribution in [0.25, 0.3) is 22.4 Å². The van der Waals surface area contributed by atoms with Crippen molar-refractivity contribution in [3.63, 3.8) is 0 Å². The van der Waals surface area contributed by atoms with E-state index in [1.54, 1.807) is 13.8 Å². The van der Waals surface area contributed by atoms with E-state index in [1.165, 1.54) is 12.1 Å². The Morgan fingerprint density at radius 2 is 1.92 bits per heavy atom. The number of amides is 1. The summed E-state index contributed by atoms with van der Waals surface area (Å²) in [5, 5.41) is 2.57. The maximum Gasteiger partial charge on any atom is 0.262 e. The molecule has 3 heterocycles. The number of rotatable bonds is 1. The molecule has 2 aromatic heterocycles. The average molecular weight is 360 g/mol. The summed E-state index contributed by atoms with van der Waals surface area (Å²) < 4.78 is 19.9. The molecule has 0 aliphatic carbocycles. The maximum atomic E-state index is 14.7.